The van der Waals surface area contributed by atoms with E-state index in [9.17, 15) is 0 Å². The van der Waals surface area contributed by atoms with Gasteiger partial charge in [-0.05, 0) is 45.2 Å². The first-order chi connectivity index (χ1) is 10.3. The molecule has 0 amide bonds. The number of rotatable bonds is 6. The van der Waals surface area contributed by atoms with Gasteiger partial charge in [0.2, 0.25) is 0 Å². The first-order valence-corrected chi connectivity index (χ1v) is 8.03. The van der Waals surface area contributed by atoms with Crippen molar-refractivity contribution in [2.45, 2.75) is 65.8 Å². The van der Waals surface area contributed by atoms with E-state index >= 15 is 0 Å². The lowest BCUT2D eigenvalue weighted by Crippen LogP contribution is -2.41. The van der Waals surface area contributed by atoms with Gasteiger partial charge in [0.1, 0.15) is 0 Å². The van der Waals surface area contributed by atoms with Gasteiger partial charge < -0.3 is 15.4 Å². The van der Waals surface area contributed by atoms with Crippen LogP contribution < -0.4 is 10.6 Å². The van der Waals surface area contributed by atoms with Crippen LogP contribution >= 0.6 is 0 Å². The fourth-order valence-electron chi connectivity index (χ4n) is 1.85. The van der Waals surface area contributed by atoms with Crippen molar-refractivity contribution in [3.63, 3.8) is 0 Å². The predicted octanol–water partition coefficient (Wildman–Crippen LogP) is 3.47. The second kappa shape index (κ2) is 8.79. The Bertz CT molecular complexity index is 477. The van der Waals surface area contributed by atoms with E-state index in [4.69, 9.17) is 4.74 Å². The van der Waals surface area contributed by atoms with Crippen molar-refractivity contribution in [3.05, 3.63) is 35.4 Å². The molecule has 22 heavy (non-hydrogen) atoms. The number of nitrogens with one attached hydrogen (secondary N) is 2. The second-order valence-electron chi connectivity index (χ2n) is 6.60. The number of nitrogens with zero attached hydrogens (tertiary/aromatic N) is 1. The molecule has 0 radical (unpaired) electrons. The summed E-state index contributed by atoms with van der Waals surface area (Å²) < 4.78 is 5.83. The molecule has 2 N–H and O–H groups in total. The Morgan fingerprint density at radius 2 is 1.95 bits per heavy atom. The molecule has 1 atom stereocenters. The molecule has 0 spiro atoms. The van der Waals surface area contributed by atoms with Crippen LogP contribution in [0, 0.1) is 0 Å². The highest BCUT2D eigenvalue weighted by atomic mass is 16.5. The Hall–Kier alpha value is -1.55. The largest absolute Gasteiger partial charge is 0.371 e. The van der Waals surface area contributed by atoms with E-state index in [0.717, 1.165) is 18.9 Å². The summed E-state index contributed by atoms with van der Waals surface area (Å²) in [6.07, 6.45) is 1.07. The van der Waals surface area contributed by atoms with Crippen molar-refractivity contribution < 1.29 is 4.74 Å². The summed E-state index contributed by atoms with van der Waals surface area (Å²) in [6.45, 7) is 11.9. The Morgan fingerprint density at radius 3 is 2.55 bits per heavy atom. The number of hydrogen-bond donors (Lipinski definition) is 2. The van der Waals surface area contributed by atoms with Crippen molar-refractivity contribution in [1.82, 2.24) is 10.6 Å². The Kier molecular flexibility index (Phi) is 7.39. The van der Waals surface area contributed by atoms with Gasteiger partial charge in [-0.25, -0.2) is 0 Å². The van der Waals surface area contributed by atoms with Gasteiger partial charge in [0, 0.05) is 19.6 Å². The summed E-state index contributed by atoms with van der Waals surface area (Å²) in [5.74, 6) is 0.839. The van der Waals surface area contributed by atoms with Crippen LogP contribution in [0.5, 0.6) is 0 Å². The zero-order valence-electron chi connectivity index (χ0n) is 14.9. The lowest BCUT2D eigenvalue weighted by molar-refractivity contribution is -0.0149. The van der Waals surface area contributed by atoms with Crippen molar-refractivity contribution in [2.24, 2.45) is 4.99 Å². The monoisotopic (exact) mass is 305 g/mol. The average molecular weight is 305 g/mol. The number of guanidine groups is 1. The van der Waals surface area contributed by atoms with Gasteiger partial charge in [-0.15, -0.1) is 0 Å². The molecule has 1 rings (SSSR count). The third kappa shape index (κ3) is 7.46. The minimum absolute atomic E-state index is 0.115. The second-order valence-corrected chi connectivity index (χ2v) is 6.60. The van der Waals surface area contributed by atoms with Gasteiger partial charge in [-0.2, -0.15) is 0 Å². The fourth-order valence-corrected chi connectivity index (χ4v) is 1.85. The molecule has 0 heterocycles. The molecule has 4 heteroatoms. The SMILES string of the molecule is CCC(C)NC(=NC)NCc1cccc(COC(C)(C)C)c1. The maximum atomic E-state index is 5.83. The fraction of sp³-hybridized carbons (Fsp3) is 0.611. The predicted molar refractivity (Wildman–Crippen MR) is 94.1 cm³/mol. The molecule has 0 aliphatic heterocycles. The van der Waals surface area contributed by atoms with Gasteiger partial charge in [0.15, 0.2) is 5.96 Å². The molecule has 1 unspecified atom stereocenters. The van der Waals surface area contributed by atoms with Gasteiger partial charge in [-0.1, -0.05) is 31.2 Å². The summed E-state index contributed by atoms with van der Waals surface area (Å²) in [5.41, 5.74) is 2.30. The third-order valence-corrected chi connectivity index (χ3v) is 3.34. The Morgan fingerprint density at radius 1 is 1.27 bits per heavy atom. The molecule has 1 aromatic carbocycles. The molecule has 0 saturated carbocycles. The normalized spacial score (nSPS) is 13.8. The maximum Gasteiger partial charge on any atom is 0.191 e. The molecule has 124 valence electrons. The molecule has 1 aromatic rings. The minimum atomic E-state index is -0.115. The van der Waals surface area contributed by atoms with Crippen molar-refractivity contribution in [3.8, 4) is 0 Å². The van der Waals surface area contributed by atoms with Crippen LogP contribution in [-0.4, -0.2) is 24.7 Å². The van der Waals surface area contributed by atoms with Crippen molar-refractivity contribution in [2.75, 3.05) is 7.05 Å². The van der Waals surface area contributed by atoms with E-state index in [1.165, 1.54) is 11.1 Å². The molecular formula is C18H31N3O. The van der Waals surface area contributed by atoms with Crippen LogP contribution in [0.3, 0.4) is 0 Å². The highest BCUT2D eigenvalue weighted by molar-refractivity contribution is 5.79. The van der Waals surface area contributed by atoms with Gasteiger partial charge in [-0.3, -0.25) is 4.99 Å². The summed E-state index contributed by atoms with van der Waals surface area (Å²) in [7, 11) is 1.80. The molecule has 0 aliphatic rings. The molecule has 0 aromatic heterocycles. The summed E-state index contributed by atoms with van der Waals surface area (Å²) in [5, 5.41) is 6.71. The van der Waals surface area contributed by atoms with Gasteiger partial charge in [0.05, 0.1) is 12.2 Å². The zero-order valence-corrected chi connectivity index (χ0v) is 14.9. The van der Waals surface area contributed by atoms with Crippen LogP contribution in [0.4, 0.5) is 0 Å². The van der Waals surface area contributed by atoms with E-state index in [1.54, 1.807) is 7.05 Å². The number of benzene rings is 1. The summed E-state index contributed by atoms with van der Waals surface area (Å²) >= 11 is 0. The highest BCUT2D eigenvalue weighted by Gasteiger charge is 2.10. The van der Waals surface area contributed by atoms with Crippen LogP contribution in [-0.2, 0) is 17.9 Å². The first-order valence-electron chi connectivity index (χ1n) is 8.03. The molecule has 0 saturated heterocycles. The molecule has 4 nitrogen and oxygen atoms in total. The lowest BCUT2D eigenvalue weighted by atomic mass is 10.1. The van der Waals surface area contributed by atoms with E-state index in [0.29, 0.717) is 12.6 Å². The van der Waals surface area contributed by atoms with Crippen LogP contribution in [0.15, 0.2) is 29.3 Å². The Balaban J connectivity index is 2.55. The highest BCUT2D eigenvalue weighted by Crippen LogP contribution is 2.13. The Labute approximate surface area is 135 Å². The molecular weight excluding hydrogens is 274 g/mol. The third-order valence-electron chi connectivity index (χ3n) is 3.34. The maximum absolute atomic E-state index is 5.83. The number of aliphatic imine (C=N–C) groups is 1. The standard InChI is InChI=1S/C18H31N3O/c1-7-14(2)21-17(19-6)20-12-15-9-8-10-16(11-15)13-22-18(3,4)5/h8-11,14H,7,12-13H2,1-6H3,(H2,19,20,21). The first kappa shape index (κ1) is 18.5. The zero-order chi connectivity index (χ0) is 16.6. The van der Waals surface area contributed by atoms with Gasteiger partial charge in [0.25, 0.3) is 0 Å². The van der Waals surface area contributed by atoms with E-state index in [2.05, 4.69) is 74.5 Å². The molecule has 0 bridgehead atoms. The van der Waals surface area contributed by atoms with E-state index in [1.807, 2.05) is 0 Å². The number of ether oxygens (including phenoxy) is 1. The lowest BCUT2D eigenvalue weighted by Gasteiger charge is -2.20. The van der Waals surface area contributed by atoms with E-state index < -0.39 is 0 Å². The quantitative estimate of drug-likeness (QED) is 0.625. The van der Waals surface area contributed by atoms with Gasteiger partial charge >= 0.3 is 0 Å². The molecule has 0 aliphatic carbocycles. The minimum Gasteiger partial charge on any atom is -0.371 e. The summed E-state index contributed by atoms with van der Waals surface area (Å²) in [6, 6.07) is 8.88. The topological polar surface area (TPSA) is 45.7 Å². The number of hydrogen-bond acceptors (Lipinski definition) is 2. The smallest absolute Gasteiger partial charge is 0.191 e. The van der Waals surface area contributed by atoms with E-state index in [-0.39, 0.29) is 5.60 Å². The van der Waals surface area contributed by atoms with Crippen molar-refractivity contribution in [1.29, 1.82) is 0 Å². The average Bonchev–Trinajstić information content (AvgIpc) is 2.48. The van der Waals surface area contributed by atoms with Crippen molar-refractivity contribution >= 4 is 5.96 Å². The van der Waals surface area contributed by atoms with Crippen LogP contribution in [0.1, 0.15) is 52.2 Å². The van der Waals surface area contributed by atoms with Crippen LogP contribution in [0.2, 0.25) is 0 Å². The van der Waals surface area contributed by atoms with Crippen LogP contribution in [0.25, 0.3) is 0 Å². The summed E-state index contributed by atoms with van der Waals surface area (Å²) in [4.78, 5) is 4.25. The molecule has 0 fully saturated rings.